The highest BCUT2D eigenvalue weighted by Gasteiger charge is 2.26. The average Bonchev–Trinajstić information content (AvgIpc) is 2.65. The third-order valence-electron chi connectivity index (χ3n) is 4.43. The fraction of sp³-hybridized carbons (Fsp3) is 0.556. The van der Waals surface area contributed by atoms with Crippen LogP contribution in [0.25, 0.3) is 0 Å². The zero-order chi connectivity index (χ0) is 20.0. The Balaban J connectivity index is 1.84. The summed E-state index contributed by atoms with van der Waals surface area (Å²) in [5, 5.41) is 0. The lowest BCUT2D eigenvalue weighted by Crippen LogP contribution is -2.43. The molecule has 0 aliphatic carbocycles. The number of ether oxygens (including phenoxy) is 1. The van der Waals surface area contributed by atoms with E-state index in [-0.39, 0.29) is 35.2 Å². The number of carbonyl (C=O) groups is 2. The molecule has 3 N–H and O–H groups in total. The van der Waals surface area contributed by atoms with Crippen LogP contribution < -0.4 is 15.2 Å². The van der Waals surface area contributed by atoms with E-state index in [0.29, 0.717) is 38.2 Å². The van der Waals surface area contributed by atoms with Gasteiger partial charge in [0.2, 0.25) is 15.9 Å². The van der Waals surface area contributed by atoms with Gasteiger partial charge in [-0.05, 0) is 43.0 Å². The molecule has 0 saturated carbocycles. The van der Waals surface area contributed by atoms with Crippen LogP contribution in [0.4, 0.5) is 0 Å². The summed E-state index contributed by atoms with van der Waals surface area (Å²) in [5.74, 6) is -0.0436. The first kappa shape index (κ1) is 21.2. The van der Waals surface area contributed by atoms with Crippen LogP contribution >= 0.6 is 0 Å². The molecule has 1 aromatic rings. The quantitative estimate of drug-likeness (QED) is 0.670. The molecule has 9 heteroatoms. The Hall–Kier alpha value is -2.13. The number of piperidine rings is 1. The molecule has 1 fully saturated rings. The van der Waals surface area contributed by atoms with Crippen LogP contribution in [0.5, 0.6) is 5.75 Å². The van der Waals surface area contributed by atoms with Crippen LogP contribution in [-0.2, 0) is 19.6 Å². The van der Waals surface area contributed by atoms with Crippen molar-refractivity contribution >= 4 is 21.8 Å². The first-order valence-electron chi connectivity index (χ1n) is 8.98. The van der Waals surface area contributed by atoms with E-state index in [1.54, 1.807) is 4.90 Å². The van der Waals surface area contributed by atoms with Gasteiger partial charge < -0.3 is 15.4 Å². The SMILES string of the molecule is CC(C)CNS(=O)(=O)c1ccc(OCC(=O)N2CCC(C(N)=O)CC2)cc1. The number of hydrogen-bond acceptors (Lipinski definition) is 5. The van der Waals surface area contributed by atoms with Crippen molar-refractivity contribution in [1.29, 1.82) is 0 Å². The molecule has 0 spiro atoms. The Morgan fingerprint density at radius 3 is 2.33 bits per heavy atom. The van der Waals surface area contributed by atoms with Crippen LogP contribution in [0.15, 0.2) is 29.2 Å². The first-order chi connectivity index (χ1) is 12.7. The number of sulfonamides is 1. The molecule has 150 valence electrons. The highest BCUT2D eigenvalue weighted by atomic mass is 32.2. The minimum absolute atomic E-state index is 0.140. The first-order valence-corrected chi connectivity index (χ1v) is 10.5. The molecular weight excluding hydrogens is 370 g/mol. The van der Waals surface area contributed by atoms with Gasteiger partial charge in [-0.15, -0.1) is 0 Å². The van der Waals surface area contributed by atoms with Gasteiger partial charge in [0.25, 0.3) is 5.91 Å². The maximum absolute atomic E-state index is 12.2. The second kappa shape index (κ2) is 9.18. The second-order valence-electron chi connectivity index (χ2n) is 7.06. The lowest BCUT2D eigenvalue weighted by atomic mass is 9.96. The van der Waals surface area contributed by atoms with Crippen molar-refractivity contribution in [3.05, 3.63) is 24.3 Å². The summed E-state index contributed by atoms with van der Waals surface area (Å²) in [5.41, 5.74) is 5.29. The van der Waals surface area contributed by atoms with E-state index in [4.69, 9.17) is 10.5 Å². The summed E-state index contributed by atoms with van der Waals surface area (Å²) in [6.45, 7) is 5.03. The Labute approximate surface area is 160 Å². The Morgan fingerprint density at radius 2 is 1.81 bits per heavy atom. The molecule has 0 bridgehead atoms. The number of hydrogen-bond donors (Lipinski definition) is 2. The zero-order valence-corrected chi connectivity index (χ0v) is 16.5. The number of nitrogens with two attached hydrogens (primary N) is 1. The van der Waals surface area contributed by atoms with E-state index in [1.807, 2.05) is 13.8 Å². The van der Waals surface area contributed by atoms with E-state index in [9.17, 15) is 18.0 Å². The number of nitrogens with one attached hydrogen (secondary N) is 1. The van der Waals surface area contributed by atoms with Crippen LogP contribution in [-0.4, -0.2) is 51.4 Å². The summed E-state index contributed by atoms with van der Waals surface area (Å²) in [4.78, 5) is 25.2. The van der Waals surface area contributed by atoms with Gasteiger partial charge >= 0.3 is 0 Å². The zero-order valence-electron chi connectivity index (χ0n) is 15.7. The van der Waals surface area contributed by atoms with Crippen molar-refractivity contribution in [3.8, 4) is 5.75 Å². The molecule has 0 aromatic heterocycles. The third kappa shape index (κ3) is 6.21. The Bertz CT molecular complexity index is 754. The fourth-order valence-electron chi connectivity index (χ4n) is 2.72. The highest BCUT2D eigenvalue weighted by Crippen LogP contribution is 2.18. The van der Waals surface area contributed by atoms with E-state index >= 15 is 0 Å². The Morgan fingerprint density at radius 1 is 1.22 bits per heavy atom. The highest BCUT2D eigenvalue weighted by molar-refractivity contribution is 7.89. The number of benzene rings is 1. The van der Waals surface area contributed by atoms with E-state index < -0.39 is 10.0 Å². The number of primary amides is 1. The van der Waals surface area contributed by atoms with Crippen molar-refractivity contribution in [2.45, 2.75) is 31.6 Å². The predicted molar refractivity (Wildman–Crippen MR) is 100 cm³/mol. The van der Waals surface area contributed by atoms with Gasteiger partial charge in [-0.3, -0.25) is 9.59 Å². The summed E-state index contributed by atoms with van der Waals surface area (Å²) < 4.78 is 32.3. The molecule has 0 radical (unpaired) electrons. The van der Waals surface area contributed by atoms with Crippen LogP contribution in [0, 0.1) is 11.8 Å². The fourth-order valence-corrected chi connectivity index (χ4v) is 3.94. The van der Waals surface area contributed by atoms with Crippen LogP contribution in [0.2, 0.25) is 0 Å². The minimum Gasteiger partial charge on any atom is -0.484 e. The topological polar surface area (TPSA) is 119 Å². The van der Waals surface area contributed by atoms with Crippen molar-refractivity contribution in [3.63, 3.8) is 0 Å². The maximum Gasteiger partial charge on any atom is 0.260 e. The normalized spacial score (nSPS) is 15.7. The van der Waals surface area contributed by atoms with Gasteiger partial charge in [0.15, 0.2) is 6.61 Å². The van der Waals surface area contributed by atoms with E-state index in [0.717, 1.165) is 0 Å². The molecule has 1 aliphatic rings. The number of carbonyl (C=O) groups excluding carboxylic acids is 2. The molecule has 1 aliphatic heterocycles. The second-order valence-corrected chi connectivity index (χ2v) is 8.83. The third-order valence-corrected chi connectivity index (χ3v) is 5.87. The maximum atomic E-state index is 12.2. The number of nitrogens with zero attached hydrogens (tertiary/aromatic N) is 1. The molecule has 8 nitrogen and oxygen atoms in total. The lowest BCUT2D eigenvalue weighted by molar-refractivity contribution is -0.136. The molecule has 1 heterocycles. The average molecular weight is 397 g/mol. The number of likely N-dealkylation sites (tertiary alicyclic amines) is 1. The smallest absolute Gasteiger partial charge is 0.260 e. The monoisotopic (exact) mass is 397 g/mol. The molecule has 1 saturated heterocycles. The van der Waals surface area contributed by atoms with Crippen molar-refractivity contribution in [1.82, 2.24) is 9.62 Å². The van der Waals surface area contributed by atoms with Gasteiger partial charge in [0, 0.05) is 25.6 Å². The van der Waals surface area contributed by atoms with Gasteiger partial charge in [0.1, 0.15) is 5.75 Å². The molecular formula is C18H27N3O5S. The summed E-state index contributed by atoms with van der Waals surface area (Å²) >= 11 is 0. The standard InChI is InChI=1S/C18H27N3O5S/c1-13(2)11-20-27(24,25)16-5-3-15(4-6-16)26-12-17(22)21-9-7-14(8-10-21)18(19)23/h3-6,13-14,20H,7-12H2,1-2H3,(H2,19,23). The molecule has 2 rings (SSSR count). The van der Waals surface area contributed by atoms with Crippen LogP contribution in [0.1, 0.15) is 26.7 Å². The summed E-state index contributed by atoms with van der Waals surface area (Å²) in [6, 6.07) is 5.94. The molecule has 2 amide bonds. The van der Waals surface area contributed by atoms with Crippen molar-refractivity contribution in [2.75, 3.05) is 26.2 Å². The summed E-state index contributed by atoms with van der Waals surface area (Å²) in [6.07, 6.45) is 1.13. The molecule has 0 atom stereocenters. The Kier molecular flexibility index (Phi) is 7.20. The van der Waals surface area contributed by atoms with Crippen LogP contribution in [0.3, 0.4) is 0 Å². The van der Waals surface area contributed by atoms with Gasteiger partial charge in [-0.25, -0.2) is 13.1 Å². The van der Waals surface area contributed by atoms with Crippen molar-refractivity contribution < 1.29 is 22.7 Å². The lowest BCUT2D eigenvalue weighted by Gasteiger charge is -2.30. The van der Waals surface area contributed by atoms with Gasteiger partial charge in [0.05, 0.1) is 4.90 Å². The van der Waals surface area contributed by atoms with Crippen molar-refractivity contribution in [2.24, 2.45) is 17.6 Å². The summed E-state index contributed by atoms with van der Waals surface area (Å²) in [7, 11) is -3.55. The van der Waals surface area contributed by atoms with Gasteiger partial charge in [-0.2, -0.15) is 0 Å². The molecule has 27 heavy (non-hydrogen) atoms. The minimum atomic E-state index is -3.55. The largest absolute Gasteiger partial charge is 0.484 e. The number of amides is 2. The predicted octanol–water partition coefficient (Wildman–Crippen LogP) is 0.724. The molecule has 1 aromatic carbocycles. The van der Waals surface area contributed by atoms with Gasteiger partial charge in [-0.1, -0.05) is 13.8 Å². The van der Waals surface area contributed by atoms with E-state index in [1.165, 1.54) is 24.3 Å². The number of rotatable bonds is 8. The van der Waals surface area contributed by atoms with E-state index in [2.05, 4.69) is 4.72 Å². The molecule has 0 unspecified atom stereocenters.